The van der Waals surface area contributed by atoms with E-state index < -0.39 is 17.0 Å². The quantitative estimate of drug-likeness (QED) is 0.735. The number of nitrogens with two attached hydrogens (primary N) is 1. The Morgan fingerprint density at radius 1 is 1.37 bits per heavy atom. The van der Waals surface area contributed by atoms with Crippen molar-refractivity contribution < 1.29 is 14.3 Å². The summed E-state index contributed by atoms with van der Waals surface area (Å²) in [5.41, 5.74) is 5.58. The van der Waals surface area contributed by atoms with Crippen molar-refractivity contribution in [3.63, 3.8) is 0 Å². The molecule has 4 nitrogen and oxygen atoms in total. The van der Waals surface area contributed by atoms with E-state index in [0.717, 1.165) is 38.2 Å². The van der Waals surface area contributed by atoms with Crippen molar-refractivity contribution in [1.29, 1.82) is 0 Å². The number of hydrogen-bond donors (Lipinski definition) is 3. The third kappa shape index (κ3) is 2.87. The Balaban J connectivity index is 2.12. The van der Waals surface area contributed by atoms with Crippen LogP contribution in [0, 0.1) is 11.2 Å². The van der Waals surface area contributed by atoms with Crippen LogP contribution in [0.25, 0.3) is 0 Å². The summed E-state index contributed by atoms with van der Waals surface area (Å²) in [7, 11) is 0. The molecule has 0 aliphatic heterocycles. The number of nitrogens with one attached hydrogen (secondary N) is 1. The zero-order valence-corrected chi connectivity index (χ0v) is 10.8. The van der Waals surface area contributed by atoms with Crippen molar-refractivity contribution in [3.8, 4) is 5.75 Å². The number of phenols is 1. The second-order valence-electron chi connectivity index (χ2n) is 5.17. The Hall–Kier alpha value is -1.62. The summed E-state index contributed by atoms with van der Waals surface area (Å²) in [4.78, 5) is 12.3. The van der Waals surface area contributed by atoms with E-state index in [0.29, 0.717) is 12.2 Å². The fourth-order valence-electron chi connectivity index (χ4n) is 2.60. The zero-order chi connectivity index (χ0) is 13.9. The molecule has 2 rings (SSSR count). The number of anilines is 1. The zero-order valence-electron chi connectivity index (χ0n) is 10.8. The van der Waals surface area contributed by atoms with Gasteiger partial charge in [-0.2, -0.15) is 0 Å². The van der Waals surface area contributed by atoms with Crippen LogP contribution < -0.4 is 11.1 Å². The molecule has 0 bridgehead atoms. The Labute approximate surface area is 111 Å². The van der Waals surface area contributed by atoms with Gasteiger partial charge in [0.05, 0.1) is 5.41 Å². The number of rotatable bonds is 3. The summed E-state index contributed by atoms with van der Waals surface area (Å²) < 4.78 is 13.2. The molecule has 4 N–H and O–H groups in total. The smallest absolute Gasteiger partial charge is 0.231 e. The molecule has 1 fully saturated rings. The molecule has 0 spiro atoms. The van der Waals surface area contributed by atoms with Crippen LogP contribution in [0.5, 0.6) is 5.75 Å². The van der Waals surface area contributed by atoms with Crippen molar-refractivity contribution >= 4 is 11.6 Å². The lowest BCUT2D eigenvalue weighted by Gasteiger charge is -2.34. The van der Waals surface area contributed by atoms with Crippen LogP contribution in [0.15, 0.2) is 18.2 Å². The maximum absolute atomic E-state index is 13.2. The van der Waals surface area contributed by atoms with Crippen LogP contribution in [-0.2, 0) is 4.79 Å². The molecule has 0 saturated heterocycles. The standard InChI is InChI=1S/C14H19FN2O2/c15-11-8-10(4-5-12(11)18)17-13(19)14(9-16)6-2-1-3-7-14/h4-5,8,18H,1-3,6-7,9,16H2,(H,17,19). The van der Waals surface area contributed by atoms with Crippen molar-refractivity contribution in [2.24, 2.45) is 11.1 Å². The van der Waals surface area contributed by atoms with Gasteiger partial charge in [-0.05, 0) is 25.0 Å². The van der Waals surface area contributed by atoms with E-state index in [9.17, 15) is 9.18 Å². The minimum atomic E-state index is -0.747. The summed E-state index contributed by atoms with van der Waals surface area (Å²) >= 11 is 0. The van der Waals surface area contributed by atoms with Crippen LogP contribution in [0.4, 0.5) is 10.1 Å². The molecule has 0 aromatic heterocycles. The predicted molar refractivity (Wildman–Crippen MR) is 71.3 cm³/mol. The van der Waals surface area contributed by atoms with E-state index in [2.05, 4.69) is 5.32 Å². The van der Waals surface area contributed by atoms with Gasteiger partial charge in [0.25, 0.3) is 0 Å². The molecule has 1 aliphatic carbocycles. The molecule has 5 heteroatoms. The minimum absolute atomic E-state index is 0.153. The van der Waals surface area contributed by atoms with Crippen molar-refractivity contribution in [2.75, 3.05) is 11.9 Å². The molecule has 0 radical (unpaired) electrons. The number of halogens is 1. The van der Waals surface area contributed by atoms with Crippen molar-refractivity contribution in [1.82, 2.24) is 0 Å². The number of carbonyl (C=O) groups is 1. The maximum atomic E-state index is 13.2. The Morgan fingerprint density at radius 2 is 2.05 bits per heavy atom. The largest absolute Gasteiger partial charge is 0.505 e. The fraction of sp³-hybridized carbons (Fsp3) is 0.500. The molecule has 1 amide bonds. The van der Waals surface area contributed by atoms with Gasteiger partial charge < -0.3 is 16.2 Å². The third-order valence-electron chi connectivity index (χ3n) is 3.89. The number of carbonyl (C=O) groups excluding carboxylic acids is 1. The summed E-state index contributed by atoms with van der Waals surface area (Å²) in [6.45, 7) is 0.305. The topological polar surface area (TPSA) is 75.4 Å². The molecule has 1 aromatic rings. The molecule has 1 aliphatic rings. The Morgan fingerprint density at radius 3 is 2.63 bits per heavy atom. The van der Waals surface area contributed by atoms with E-state index >= 15 is 0 Å². The predicted octanol–water partition coefficient (Wildman–Crippen LogP) is 2.38. The van der Waals surface area contributed by atoms with Gasteiger partial charge in [-0.1, -0.05) is 19.3 Å². The van der Waals surface area contributed by atoms with Crippen LogP contribution in [0.2, 0.25) is 0 Å². The summed E-state index contributed by atoms with van der Waals surface area (Å²) in [6.07, 6.45) is 4.66. The minimum Gasteiger partial charge on any atom is -0.505 e. The van der Waals surface area contributed by atoms with E-state index in [1.54, 1.807) is 0 Å². The summed E-state index contributed by atoms with van der Waals surface area (Å²) in [5.74, 6) is -1.33. The average molecular weight is 266 g/mol. The number of phenolic OH excluding ortho intramolecular Hbond substituents is 1. The monoisotopic (exact) mass is 266 g/mol. The summed E-state index contributed by atoms with van der Waals surface area (Å²) in [5, 5.41) is 11.8. The van der Waals surface area contributed by atoms with E-state index in [-0.39, 0.29) is 5.91 Å². The van der Waals surface area contributed by atoms with Gasteiger partial charge in [-0.3, -0.25) is 4.79 Å². The van der Waals surface area contributed by atoms with Crippen LogP contribution in [0.3, 0.4) is 0 Å². The highest BCUT2D eigenvalue weighted by atomic mass is 19.1. The number of benzene rings is 1. The molecular weight excluding hydrogens is 247 g/mol. The lowest BCUT2D eigenvalue weighted by atomic mass is 9.73. The lowest BCUT2D eigenvalue weighted by Crippen LogP contribution is -2.43. The van der Waals surface area contributed by atoms with Crippen LogP contribution in [-0.4, -0.2) is 17.6 Å². The van der Waals surface area contributed by atoms with Gasteiger partial charge >= 0.3 is 0 Å². The van der Waals surface area contributed by atoms with Gasteiger partial charge in [-0.15, -0.1) is 0 Å². The number of amides is 1. The third-order valence-corrected chi connectivity index (χ3v) is 3.89. The highest BCUT2D eigenvalue weighted by Crippen LogP contribution is 2.36. The highest BCUT2D eigenvalue weighted by molar-refractivity contribution is 5.95. The van der Waals surface area contributed by atoms with Gasteiger partial charge in [0.2, 0.25) is 5.91 Å². The van der Waals surface area contributed by atoms with E-state index in [1.165, 1.54) is 12.1 Å². The molecule has 104 valence electrons. The fourth-order valence-corrected chi connectivity index (χ4v) is 2.60. The van der Waals surface area contributed by atoms with Crippen LogP contribution >= 0.6 is 0 Å². The van der Waals surface area contributed by atoms with Gasteiger partial charge in [-0.25, -0.2) is 4.39 Å². The second-order valence-corrected chi connectivity index (χ2v) is 5.17. The SMILES string of the molecule is NCC1(C(=O)Nc2ccc(O)c(F)c2)CCCCC1. The van der Waals surface area contributed by atoms with Crippen molar-refractivity contribution in [3.05, 3.63) is 24.0 Å². The molecular formula is C14H19FN2O2. The Bertz CT molecular complexity index is 471. The average Bonchev–Trinajstić information content (AvgIpc) is 2.43. The van der Waals surface area contributed by atoms with E-state index in [1.807, 2.05) is 0 Å². The molecule has 1 aromatic carbocycles. The molecule has 1 saturated carbocycles. The molecule has 0 unspecified atom stereocenters. The Kier molecular flexibility index (Phi) is 4.04. The summed E-state index contributed by atoms with van der Waals surface area (Å²) in [6, 6.07) is 3.81. The van der Waals surface area contributed by atoms with Gasteiger partial charge in [0.15, 0.2) is 11.6 Å². The lowest BCUT2D eigenvalue weighted by molar-refractivity contribution is -0.126. The molecule has 19 heavy (non-hydrogen) atoms. The highest BCUT2D eigenvalue weighted by Gasteiger charge is 2.38. The maximum Gasteiger partial charge on any atom is 0.231 e. The van der Waals surface area contributed by atoms with Crippen molar-refractivity contribution in [2.45, 2.75) is 32.1 Å². The van der Waals surface area contributed by atoms with Gasteiger partial charge in [0.1, 0.15) is 0 Å². The second kappa shape index (κ2) is 5.57. The van der Waals surface area contributed by atoms with Crippen LogP contribution in [0.1, 0.15) is 32.1 Å². The first-order chi connectivity index (χ1) is 9.07. The normalized spacial score (nSPS) is 18.0. The first kappa shape index (κ1) is 13.8. The number of aromatic hydroxyl groups is 1. The van der Waals surface area contributed by atoms with Gasteiger partial charge in [0, 0.05) is 18.3 Å². The molecule has 0 heterocycles. The first-order valence-electron chi connectivity index (χ1n) is 6.57. The number of hydrogen-bond acceptors (Lipinski definition) is 3. The van der Waals surface area contributed by atoms with E-state index in [4.69, 9.17) is 10.8 Å². The molecule has 0 atom stereocenters. The first-order valence-corrected chi connectivity index (χ1v) is 6.57.